The van der Waals surface area contributed by atoms with Crippen molar-refractivity contribution in [3.8, 4) is 0 Å². The highest BCUT2D eigenvalue weighted by molar-refractivity contribution is 8.18. The molecule has 0 radical (unpaired) electrons. The SMILES string of the molecule is O=C1N=C(N2CCCCCC2)S/C1=C\c1cccc(Cl)c1. The maximum absolute atomic E-state index is 12.1. The van der Waals surface area contributed by atoms with E-state index in [-0.39, 0.29) is 5.91 Å². The van der Waals surface area contributed by atoms with Gasteiger partial charge in [0.2, 0.25) is 0 Å². The summed E-state index contributed by atoms with van der Waals surface area (Å²) in [5, 5.41) is 1.53. The predicted molar refractivity (Wildman–Crippen MR) is 89.5 cm³/mol. The maximum Gasteiger partial charge on any atom is 0.286 e. The third kappa shape index (κ3) is 3.69. The second-order valence-electron chi connectivity index (χ2n) is 5.27. The Morgan fingerprint density at radius 1 is 1.19 bits per heavy atom. The Labute approximate surface area is 134 Å². The molecule has 2 heterocycles. The number of hydrogen-bond acceptors (Lipinski definition) is 3. The van der Waals surface area contributed by atoms with Gasteiger partial charge >= 0.3 is 0 Å². The van der Waals surface area contributed by atoms with Gasteiger partial charge in [0.05, 0.1) is 4.91 Å². The molecule has 0 spiro atoms. The molecular weight excluding hydrogens is 304 g/mol. The Balaban J connectivity index is 1.75. The first kappa shape index (κ1) is 14.7. The third-order valence-corrected chi connectivity index (χ3v) is 4.91. The molecule has 1 fully saturated rings. The number of thioether (sulfide) groups is 1. The summed E-state index contributed by atoms with van der Waals surface area (Å²) in [7, 11) is 0. The summed E-state index contributed by atoms with van der Waals surface area (Å²) >= 11 is 7.46. The topological polar surface area (TPSA) is 32.7 Å². The molecule has 0 unspecified atom stereocenters. The minimum absolute atomic E-state index is 0.140. The van der Waals surface area contributed by atoms with Gasteiger partial charge in [-0.05, 0) is 48.4 Å². The second kappa shape index (κ2) is 6.67. The molecule has 2 aliphatic heterocycles. The van der Waals surface area contributed by atoms with Gasteiger partial charge in [-0.1, -0.05) is 36.6 Å². The van der Waals surface area contributed by atoms with E-state index in [0.717, 1.165) is 23.8 Å². The zero-order valence-corrected chi connectivity index (χ0v) is 13.3. The Morgan fingerprint density at radius 2 is 1.95 bits per heavy atom. The first-order chi connectivity index (χ1) is 10.2. The fourth-order valence-corrected chi connectivity index (χ4v) is 3.71. The number of benzene rings is 1. The maximum atomic E-state index is 12.1. The minimum Gasteiger partial charge on any atom is -0.351 e. The summed E-state index contributed by atoms with van der Waals surface area (Å²) in [6.45, 7) is 2.01. The van der Waals surface area contributed by atoms with Crippen LogP contribution in [0, 0.1) is 0 Å². The number of carbonyl (C=O) groups excluding carboxylic acids is 1. The third-order valence-electron chi connectivity index (χ3n) is 3.63. The van der Waals surface area contributed by atoms with Crippen molar-refractivity contribution >= 4 is 40.5 Å². The fraction of sp³-hybridized carbons (Fsp3) is 0.375. The second-order valence-corrected chi connectivity index (χ2v) is 6.71. The molecule has 0 saturated carbocycles. The number of halogens is 1. The van der Waals surface area contributed by atoms with Crippen LogP contribution >= 0.6 is 23.4 Å². The Morgan fingerprint density at radius 3 is 2.67 bits per heavy atom. The highest BCUT2D eigenvalue weighted by Crippen LogP contribution is 2.31. The van der Waals surface area contributed by atoms with Gasteiger partial charge in [0.15, 0.2) is 5.17 Å². The molecule has 1 saturated heterocycles. The number of aliphatic imine (C=N–C) groups is 1. The normalized spacial score (nSPS) is 21.6. The lowest BCUT2D eigenvalue weighted by Gasteiger charge is -2.20. The molecule has 1 amide bonds. The summed E-state index contributed by atoms with van der Waals surface area (Å²) in [5.74, 6) is -0.140. The average molecular weight is 321 g/mol. The number of carbonyl (C=O) groups is 1. The molecule has 0 atom stereocenters. The van der Waals surface area contributed by atoms with Gasteiger partial charge in [0, 0.05) is 18.1 Å². The molecule has 110 valence electrons. The fourth-order valence-electron chi connectivity index (χ4n) is 2.54. The van der Waals surface area contributed by atoms with Crippen molar-refractivity contribution in [3.05, 3.63) is 39.8 Å². The number of rotatable bonds is 1. The summed E-state index contributed by atoms with van der Waals surface area (Å²) in [4.78, 5) is 19.2. The Kier molecular flexibility index (Phi) is 4.66. The van der Waals surface area contributed by atoms with Crippen LogP contribution in [0.15, 0.2) is 34.2 Å². The van der Waals surface area contributed by atoms with E-state index in [1.165, 1.54) is 37.4 Å². The minimum atomic E-state index is -0.140. The van der Waals surface area contributed by atoms with E-state index in [1.807, 2.05) is 30.3 Å². The first-order valence-corrected chi connectivity index (χ1v) is 8.45. The number of amidine groups is 1. The van der Waals surface area contributed by atoms with Crippen molar-refractivity contribution in [1.82, 2.24) is 4.90 Å². The number of hydrogen-bond donors (Lipinski definition) is 0. The van der Waals surface area contributed by atoms with E-state index in [9.17, 15) is 4.79 Å². The van der Waals surface area contributed by atoms with Crippen LogP contribution in [-0.4, -0.2) is 29.1 Å². The van der Waals surface area contributed by atoms with Crippen LogP contribution in [0.4, 0.5) is 0 Å². The largest absolute Gasteiger partial charge is 0.351 e. The monoisotopic (exact) mass is 320 g/mol. The van der Waals surface area contributed by atoms with Crippen LogP contribution in [0.1, 0.15) is 31.2 Å². The lowest BCUT2D eigenvalue weighted by molar-refractivity contribution is -0.113. The zero-order valence-electron chi connectivity index (χ0n) is 11.7. The molecule has 2 aliphatic rings. The van der Waals surface area contributed by atoms with Gasteiger partial charge in [0.25, 0.3) is 5.91 Å². The van der Waals surface area contributed by atoms with Crippen LogP contribution in [-0.2, 0) is 4.79 Å². The summed E-state index contributed by atoms with van der Waals surface area (Å²) in [5.41, 5.74) is 0.936. The van der Waals surface area contributed by atoms with E-state index < -0.39 is 0 Å². The van der Waals surface area contributed by atoms with Crippen LogP contribution < -0.4 is 0 Å². The lowest BCUT2D eigenvalue weighted by Crippen LogP contribution is -2.28. The van der Waals surface area contributed by atoms with Gasteiger partial charge in [-0.15, -0.1) is 0 Å². The molecule has 1 aromatic carbocycles. The van der Waals surface area contributed by atoms with Gasteiger partial charge in [-0.25, -0.2) is 0 Å². The summed E-state index contributed by atoms with van der Waals surface area (Å²) in [6.07, 6.45) is 6.77. The van der Waals surface area contributed by atoms with E-state index in [2.05, 4.69) is 9.89 Å². The Hall–Kier alpha value is -1.26. The molecule has 0 N–H and O–H groups in total. The van der Waals surface area contributed by atoms with Gasteiger partial charge in [-0.3, -0.25) is 4.79 Å². The van der Waals surface area contributed by atoms with Crippen LogP contribution in [0.5, 0.6) is 0 Å². The van der Waals surface area contributed by atoms with E-state index in [0.29, 0.717) is 9.93 Å². The smallest absolute Gasteiger partial charge is 0.286 e. The number of nitrogens with zero attached hydrogens (tertiary/aromatic N) is 2. The molecule has 0 aliphatic carbocycles. The van der Waals surface area contributed by atoms with Gasteiger partial charge < -0.3 is 4.90 Å². The molecule has 0 bridgehead atoms. The standard InChI is InChI=1S/C16H17ClN2OS/c17-13-7-5-6-12(10-13)11-14-15(20)18-16(21-14)19-8-3-1-2-4-9-19/h5-7,10-11H,1-4,8-9H2/b14-11-. The number of amides is 1. The molecule has 21 heavy (non-hydrogen) atoms. The molecular formula is C16H17ClN2OS. The van der Waals surface area contributed by atoms with Crippen LogP contribution in [0.3, 0.4) is 0 Å². The van der Waals surface area contributed by atoms with Crippen molar-refractivity contribution in [2.75, 3.05) is 13.1 Å². The van der Waals surface area contributed by atoms with E-state index in [4.69, 9.17) is 11.6 Å². The average Bonchev–Trinajstić information content (AvgIpc) is 2.68. The van der Waals surface area contributed by atoms with Crippen molar-refractivity contribution < 1.29 is 4.79 Å². The van der Waals surface area contributed by atoms with Crippen LogP contribution in [0.2, 0.25) is 5.02 Å². The number of likely N-dealkylation sites (tertiary alicyclic amines) is 1. The summed E-state index contributed by atoms with van der Waals surface area (Å²) < 4.78 is 0. The van der Waals surface area contributed by atoms with E-state index >= 15 is 0 Å². The molecule has 0 aromatic heterocycles. The van der Waals surface area contributed by atoms with Crippen molar-refractivity contribution in [1.29, 1.82) is 0 Å². The zero-order chi connectivity index (χ0) is 14.7. The van der Waals surface area contributed by atoms with Crippen molar-refractivity contribution in [3.63, 3.8) is 0 Å². The quantitative estimate of drug-likeness (QED) is 0.727. The molecule has 3 nitrogen and oxygen atoms in total. The van der Waals surface area contributed by atoms with Crippen molar-refractivity contribution in [2.45, 2.75) is 25.7 Å². The Bertz CT molecular complexity index is 604. The molecule has 3 rings (SSSR count). The predicted octanol–water partition coefficient (Wildman–Crippen LogP) is 4.19. The van der Waals surface area contributed by atoms with Crippen molar-refractivity contribution in [2.24, 2.45) is 4.99 Å². The highest BCUT2D eigenvalue weighted by Gasteiger charge is 2.26. The summed E-state index contributed by atoms with van der Waals surface area (Å²) in [6, 6.07) is 7.50. The first-order valence-electron chi connectivity index (χ1n) is 7.25. The lowest BCUT2D eigenvalue weighted by atomic mass is 10.2. The highest BCUT2D eigenvalue weighted by atomic mass is 35.5. The van der Waals surface area contributed by atoms with Crippen LogP contribution in [0.25, 0.3) is 6.08 Å². The molecule has 5 heteroatoms. The van der Waals surface area contributed by atoms with E-state index in [1.54, 1.807) is 0 Å². The van der Waals surface area contributed by atoms with Gasteiger partial charge in [0.1, 0.15) is 0 Å². The molecule has 1 aromatic rings. The van der Waals surface area contributed by atoms with Gasteiger partial charge in [-0.2, -0.15) is 4.99 Å².